The van der Waals surface area contributed by atoms with Crippen LogP contribution in [-0.4, -0.2) is 4.98 Å². The third-order valence-electron chi connectivity index (χ3n) is 1.68. The molecule has 0 bridgehead atoms. The van der Waals surface area contributed by atoms with E-state index in [1.165, 1.54) is 24.4 Å². The first-order valence-electron chi connectivity index (χ1n) is 3.47. The van der Waals surface area contributed by atoms with Crippen LogP contribution in [0.4, 0.5) is 8.78 Å². The molecule has 0 saturated heterocycles. The Labute approximate surface area is 67.7 Å². The molecule has 12 heavy (non-hydrogen) atoms. The molecule has 1 heterocycles. The lowest BCUT2D eigenvalue weighted by Gasteiger charge is -1.96. The molecule has 0 spiro atoms. The Morgan fingerprint density at radius 1 is 1.17 bits per heavy atom. The molecule has 0 aliphatic carbocycles. The van der Waals surface area contributed by atoms with Crippen LogP contribution >= 0.6 is 0 Å². The molecule has 0 saturated carbocycles. The lowest BCUT2D eigenvalue weighted by molar-refractivity contribution is 0.585. The maximum absolute atomic E-state index is 13.0. The molecule has 0 aliphatic rings. The van der Waals surface area contributed by atoms with Crippen molar-refractivity contribution in [2.75, 3.05) is 0 Å². The van der Waals surface area contributed by atoms with Gasteiger partial charge in [-0.3, -0.25) is 0 Å². The van der Waals surface area contributed by atoms with Gasteiger partial charge in [0.05, 0.1) is 0 Å². The number of aromatic nitrogens is 1. The zero-order valence-electron chi connectivity index (χ0n) is 6.09. The molecular formula is C9H5F2N. The molecule has 0 fully saturated rings. The van der Waals surface area contributed by atoms with Crippen LogP contribution in [0.3, 0.4) is 0 Å². The fourth-order valence-corrected chi connectivity index (χ4v) is 1.11. The summed E-state index contributed by atoms with van der Waals surface area (Å²) in [6, 6.07) is 5.71. The number of hydrogen-bond donors (Lipinski definition) is 0. The molecule has 0 amide bonds. The Morgan fingerprint density at radius 2 is 2.00 bits per heavy atom. The van der Waals surface area contributed by atoms with E-state index in [1.807, 2.05) is 0 Å². The molecule has 0 aliphatic heterocycles. The van der Waals surface area contributed by atoms with Gasteiger partial charge >= 0.3 is 0 Å². The Morgan fingerprint density at radius 3 is 2.83 bits per heavy atom. The first-order valence-corrected chi connectivity index (χ1v) is 3.47. The third-order valence-corrected chi connectivity index (χ3v) is 1.68. The van der Waals surface area contributed by atoms with Crippen molar-refractivity contribution in [3.05, 3.63) is 42.2 Å². The normalized spacial score (nSPS) is 10.5. The fourth-order valence-electron chi connectivity index (χ4n) is 1.11. The van der Waals surface area contributed by atoms with E-state index in [4.69, 9.17) is 0 Å². The number of rotatable bonds is 0. The topological polar surface area (TPSA) is 12.9 Å². The lowest BCUT2D eigenvalue weighted by atomic mass is 10.2. The largest absolute Gasteiger partial charge is 0.228 e. The molecule has 0 unspecified atom stereocenters. The Balaban J connectivity index is 2.86. The Hall–Kier alpha value is -1.51. The second kappa shape index (κ2) is 2.52. The van der Waals surface area contributed by atoms with E-state index >= 15 is 0 Å². The average molecular weight is 165 g/mol. The van der Waals surface area contributed by atoms with E-state index < -0.39 is 5.95 Å². The number of nitrogens with zero attached hydrogens (tertiary/aromatic N) is 1. The minimum Gasteiger partial charge on any atom is -0.228 e. The predicted molar refractivity (Wildman–Crippen MR) is 41.7 cm³/mol. The quantitative estimate of drug-likeness (QED) is 0.546. The number of hydrogen-bond acceptors (Lipinski definition) is 1. The van der Waals surface area contributed by atoms with Crippen molar-refractivity contribution in [2.24, 2.45) is 0 Å². The predicted octanol–water partition coefficient (Wildman–Crippen LogP) is 2.51. The minimum absolute atomic E-state index is 0.346. The number of pyridine rings is 1. The molecule has 1 aromatic heterocycles. The summed E-state index contributed by atoms with van der Waals surface area (Å²) in [4.78, 5) is 3.36. The molecule has 1 nitrogen and oxygen atoms in total. The van der Waals surface area contributed by atoms with Gasteiger partial charge in [-0.2, -0.15) is 4.39 Å². The van der Waals surface area contributed by atoms with Crippen molar-refractivity contribution in [1.29, 1.82) is 0 Å². The zero-order valence-corrected chi connectivity index (χ0v) is 6.09. The van der Waals surface area contributed by atoms with E-state index in [0.717, 1.165) is 0 Å². The van der Waals surface area contributed by atoms with Gasteiger partial charge in [-0.15, -0.1) is 0 Å². The Kier molecular flexibility index (Phi) is 1.50. The highest BCUT2D eigenvalue weighted by atomic mass is 19.1. The fraction of sp³-hybridized carbons (Fsp3) is 0. The summed E-state index contributed by atoms with van der Waals surface area (Å²) in [5.41, 5.74) is 0. The van der Waals surface area contributed by atoms with Gasteiger partial charge < -0.3 is 0 Å². The van der Waals surface area contributed by atoms with Gasteiger partial charge in [0.25, 0.3) is 0 Å². The van der Waals surface area contributed by atoms with E-state index in [0.29, 0.717) is 10.8 Å². The maximum atomic E-state index is 13.0. The van der Waals surface area contributed by atoms with Crippen molar-refractivity contribution < 1.29 is 8.78 Å². The SMILES string of the molecule is Fc1cc2cccc(F)c2cn1. The molecule has 1 aromatic carbocycles. The van der Waals surface area contributed by atoms with Crippen molar-refractivity contribution in [2.45, 2.75) is 0 Å². The van der Waals surface area contributed by atoms with Crippen molar-refractivity contribution in [3.63, 3.8) is 0 Å². The van der Waals surface area contributed by atoms with Crippen molar-refractivity contribution in [1.82, 2.24) is 4.98 Å². The molecule has 0 radical (unpaired) electrons. The number of halogens is 2. The van der Waals surface area contributed by atoms with Crippen molar-refractivity contribution >= 4 is 10.8 Å². The van der Waals surface area contributed by atoms with Crippen molar-refractivity contribution in [3.8, 4) is 0 Å². The van der Waals surface area contributed by atoms with E-state index in [2.05, 4.69) is 4.98 Å². The highest BCUT2D eigenvalue weighted by Crippen LogP contribution is 2.16. The van der Waals surface area contributed by atoms with Gasteiger partial charge in [-0.05, 0) is 11.5 Å². The van der Waals surface area contributed by atoms with Gasteiger partial charge in [0, 0.05) is 17.6 Å². The molecule has 60 valence electrons. The van der Waals surface area contributed by atoms with Crippen LogP contribution in [0.1, 0.15) is 0 Å². The van der Waals surface area contributed by atoms with Gasteiger partial charge in [0.15, 0.2) is 0 Å². The summed E-state index contributed by atoms with van der Waals surface area (Å²) >= 11 is 0. The minimum atomic E-state index is -0.590. The lowest BCUT2D eigenvalue weighted by Crippen LogP contribution is -1.84. The summed E-state index contributed by atoms with van der Waals surface area (Å²) in [5, 5.41) is 0.876. The number of benzene rings is 1. The monoisotopic (exact) mass is 165 g/mol. The van der Waals surface area contributed by atoms with Gasteiger partial charge in [-0.1, -0.05) is 12.1 Å². The molecular weight excluding hydrogens is 160 g/mol. The molecule has 3 heteroatoms. The molecule has 2 rings (SSSR count). The van der Waals surface area contributed by atoms with Crippen LogP contribution in [-0.2, 0) is 0 Å². The number of fused-ring (bicyclic) bond motifs is 1. The Bertz CT molecular complexity index is 426. The average Bonchev–Trinajstić information content (AvgIpc) is 2.04. The van der Waals surface area contributed by atoms with Gasteiger partial charge in [-0.25, -0.2) is 9.37 Å². The van der Waals surface area contributed by atoms with Crippen LogP contribution in [0.25, 0.3) is 10.8 Å². The maximum Gasteiger partial charge on any atom is 0.213 e. The first-order chi connectivity index (χ1) is 5.77. The van der Waals surface area contributed by atoms with Crippen LogP contribution in [0.15, 0.2) is 30.5 Å². The highest BCUT2D eigenvalue weighted by Gasteiger charge is 2.00. The molecule has 0 atom stereocenters. The van der Waals surface area contributed by atoms with Crippen LogP contribution in [0.5, 0.6) is 0 Å². The summed E-state index contributed by atoms with van der Waals surface area (Å²) in [7, 11) is 0. The standard InChI is InChI=1S/C9H5F2N/c10-8-3-1-2-6-4-9(11)12-5-7(6)8/h1-5H. The van der Waals surface area contributed by atoms with Crippen LogP contribution in [0, 0.1) is 11.8 Å². The van der Waals surface area contributed by atoms with E-state index in [-0.39, 0.29) is 5.82 Å². The molecule has 0 N–H and O–H groups in total. The molecule has 2 aromatic rings. The summed E-state index contributed by atoms with van der Waals surface area (Å²) in [6.07, 6.45) is 1.19. The summed E-state index contributed by atoms with van der Waals surface area (Å²) in [6.45, 7) is 0. The summed E-state index contributed by atoms with van der Waals surface area (Å²) < 4.78 is 25.5. The van der Waals surface area contributed by atoms with E-state index in [9.17, 15) is 8.78 Å². The van der Waals surface area contributed by atoms with Crippen LogP contribution < -0.4 is 0 Å². The van der Waals surface area contributed by atoms with Crippen LogP contribution in [0.2, 0.25) is 0 Å². The van der Waals surface area contributed by atoms with E-state index in [1.54, 1.807) is 6.07 Å². The van der Waals surface area contributed by atoms with Gasteiger partial charge in [0.2, 0.25) is 5.95 Å². The van der Waals surface area contributed by atoms with Gasteiger partial charge in [0.1, 0.15) is 5.82 Å². The first kappa shape index (κ1) is 7.16. The second-order valence-electron chi connectivity index (χ2n) is 2.47. The smallest absolute Gasteiger partial charge is 0.213 e. The summed E-state index contributed by atoms with van der Waals surface area (Å²) in [5.74, 6) is -0.965. The zero-order chi connectivity index (χ0) is 8.55. The highest BCUT2D eigenvalue weighted by molar-refractivity contribution is 5.81. The second-order valence-corrected chi connectivity index (χ2v) is 2.47. The third kappa shape index (κ3) is 1.03.